The molecule has 1 aromatic carbocycles. The van der Waals surface area contributed by atoms with Crippen LogP contribution in [0.3, 0.4) is 0 Å². The molecule has 0 amide bonds. The van der Waals surface area contributed by atoms with E-state index in [1.165, 1.54) is 0 Å². The van der Waals surface area contributed by atoms with Crippen LogP contribution >= 0.6 is 0 Å². The summed E-state index contributed by atoms with van der Waals surface area (Å²) >= 11 is 0. The fraction of sp³-hybridized carbons (Fsp3) is 0.417. The second-order valence-electron chi connectivity index (χ2n) is 4.69. The van der Waals surface area contributed by atoms with E-state index in [9.17, 15) is 21.8 Å². The van der Waals surface area contributed by atoms with Crippen LogP contribution in [-0.2, 0) is 20.8 Å². The molecule has 1 heterocycles. The molecule has 1 saturated heterocycles. The largest absolute Gasteiger partial charge is 0.478 e. The Morgan fingerprint density at radius 1 is 1.33 bits per heavy atom. The van der Waals surface area contributed by atoms with Crippen molar-refractivity contribution < 1.29 is 26.9 Å². The number of benzene rings is 1. The molecule has 21 heavy (non-hydrogen) atoms. The van der Waals surface area contributed by atoms with Gasteiger partial charge < -0.3 is 5.11 Å². The first kappa shape index (κ1) is 16.1. The van der Waals surface area contributed by atoms with E-state index in [0.29, 0.717) is 24.3 Å². The molecule has 0 aromatic heterocycles. The minimum Gasteiger partial charge on any atom is -0.478 e. The van der Waals surface area contributed by atoms with Crippen LogP contribution < -0.4 is 4.72 Å². The molecule has 2 rings (SSSR count). The van der Waals surface area contributed by atoms with Gasteiger partial charge in [0, 0.05) is 28.3 Å². The van der Waals surface area contributed by atoms with Crippen molar-refractivity contribution in [3.8, 4) is 0 Å². The molecule has 1 aliphatic heterocycles. The number of sulfonamides is 1. The van der Waals surface area contributed by atoms with E-state index in [1.54, 1.807) is 0 Å². The molecule has 2 N–H and O–H groups in total. The van der Waals surface area contributed by atoms with Gasteiger partial charge in [0.15, 0.2) is 0 Å². The summed E-state index contributed by atoms with van der Waals surface area (Å²) in [5.74, 6) is -1.67. The smallest absolute Gasteiger partial charge is 0.338 e. The molecule has 1 aromatic rings. The maximum atomic E-state index is 13.3. The Labute approximate surface area is 123 Å². The van der Waals surface area contributed by atoms with Crippen molar-refractivity contribution in [1.82, 2.24) is 4.72 Å². The predicted molar refractivity (Wildman–Crippen MR) is 74.6 cm³/mol. The molecule has 0 radical (unpaired) electrons. The Bertz CT molecular complexity index is 679. The predicted octanol–water partition coefficient (Wildman–Crippen LogP) is 0.713. The van der Waals surface area contributed by atoms with Crippen molar-refractivity contribution >= 4 is 26.8 Å². The first-order chi connectivity index (χ1) is 9.79. The monoisotopic (exact) mass is 335 g/mol. The number of carbonyl (C=O) groups is 1. The third-order valence-electron chi connectivity index (χ3n) is 3.19. The highest BCUT2D eigenvalue weighted by atomic mass is 32.2. The Morgan fingerprint density at radius 2 is 1.95 bits per heavy atom. The minimum absolute atomic E-state index is 0.298. The molecule has 0 atom stereocenters. The lowest BCUT2D eigenvalue weighted by molar-refractivity contribution is 0.0691. The maximum Gasteiger partial charge on any atom is 0.338 e. The van der Waals surface area contributed by atoms with Gasteiger partial charge in [-0.25, -0.2) is 22.3 Å². The average Bonchev–Trinajstić information content (AvgIpc) is 2.41. The van der Waals surface area contributed by atoms with E-state index in [0.717, 1.165) is 18.2 Å². The third-order valence-corrected chi connectivity index (χ3v) is 6.09. The van der Waals surface area contributed by atoms with Crippen LogP contribution in [0.4, 0.5) is 4.39 Å². The van der Waals surface area contributed by atoms with Crippen molar-refractivity contribution in [1.29, 1.82) is 0 Å². The van der Waals surface area contributed by atoms with Crippen molar-refractivity contribution in [2.75, 3.05) is 11.5 Å². The maximum absolute atomic E-state index is 13.3. The van der Waals surface area contributed by atoms with Crippen LogP contribution in [0.5, 0.6) is 0 Å². The summed E-state index contributed by atoms with van der Waals surface area (Å²) < 4.78 is 51.3. The van der Waals surface area contributed by atoms with Crippen molar-refractivity contribution in [2.24, 2.45) is 0 Å². The molecule has 1 aliphatic rings. The first-order valence-corrected chi connectivity index (χ1v) is 9.17. The summed E-state index contributed by atoms with van der Waals surface area (Å²) in [5.41, 5.74) is -0.692. The van der Waals surface area contributed by atoms with Crippen LogP contribution in [0.15, 0.2) is 23.1 Å². The zero-order chi connectivity index (χ0) is 15.6. The van der Waals surface area contributed by atoms with Gasteiger partial charge in [0.25, 0.3) is 0 Å². The summed E-state index contributed by atoms with van der Waals surface area (Å²) in [7, 11) is -4.84. The zero-order valence-corrected chi connectivity index (χ0v) is 12.5. The SMILES string of the molecule is O=C(O)c1cc(S(=O)(=O)NC2CCS(=O)CC2)ccc1F. The van der Waals surface area contributed by atoms with Gasteiger partial charge in [-0.3, -0.25) is 4.21 Å². The zero-order valence-electron chi connectivity index (χ0n) is 10.9. The second-order valence-corrected chi connectivity index (χ2v) is 8.10. The molecule has 6 nitrogen and oxygen atoms in total. The summed E-state index contributed by atoms with van der Waals surface area (Å²) in [6.45, 7) is 0. The summed E-state index contributed by atoms with van der Waals surface area (Å²) in [6.07, 6.45) is 0.914. The molecule has 0 unspecified atom stereocenters. The minimum atomic E-state index is -3.93. The third kappa shape index (κ3) is 3.86. The normalized spacial score (nSPS) is 22.9. The Morgan fingerprint density at radius 3 is 2.52 bits per heavy atom. The number of carboxylic acid groups (broad SMARTS) is 1. The van der Waals surface area contributed by atoms with Crippen LogP contribution in [-0.4, -0.2) is 41.3 Å². The molecule has 0 saturated carbocycles. The van der Waals surface area contributed by atoms with Crippen molar-refractivity contribution in [3.05, 3.63) is 29.6 Å². The topological polar surface area (TPSA) is 101 Å². The Hall–Kier alpha value is -1.32. The summed E-state index contributed by atoms with van der Waals surface area (Å²) in [4.78, 5) is 10.5. The van der Waals surface area contributed by atoms with Crippen LogP contribution in [0.1, 0.15) is 23.2 Å². The fourth-order valence-corrected chi connectivity index (χ4v) is 4.66. The number of carboxylic acids is 1. The quantitative estimate of drug-likeness (QED) is 0.844. The summed E-state index contributed by atoms with van der Waals surface area (Å²) in [6, 6.07) is 2.28. The number of rotatable bonds is 4. The molecule has 0 spiro atoms. The highest BCUT2D eigenvalue weighted by Gasteiger charge is 2.25. The van der Waals surface area contributed by atoms with E-state index in [1.807, 2.05) is 0 Å². The van der Waals surface area contributed by atoms with Crippen LogP contribution in [0.25, 0.3) is 0 Å². The van der Waals surface area contributed by atoms with E-state index in [-0.39, 0.29) is 10.9 Å². The van der Waals surface area contributed by atoms with Crippen LogP contribution in [0.2, 0.25) is 0 Å². The number of halogens is 1. The van der Waals surface area contributed by atoms with Gasteiger partial charge in [-0.1, -0.05) is 0 Å². The molecule has 0 aliphatic carbocycles. The van der Waals surface area contributed by atoms with E-state index < -0.39 is 38.2 Å². The second kappa shape index (κ2) is 6.20. The standard InChI is InChI=1S/C12H14FNO5S2/c13-11-2-1-9(7-10(11)12(15)16)21(18,19)14-8-3-5-20(17)6-4-8/h1-2,7-8,14H,3-6H2,(H,15,16). The van der Waals surface area contributed by atoms with Gasteiger partial charge >= 0.3 is 5.97 Å². The first-order valence-electron chi connectivity index (χ1n) is 6.20. The number of aromatic carboxylic acids is 1. The summed E-state index contributed by atoms with van der Waals surface area (Å²) in [5, 5.41) is 8.82. The molecular formula is C12H14FNO5S2. The van der Waals surface area contributed by atoms with Crippen LogP contribution in [0, 0.1) is 5.82 Å². The van der Waals surface area contributed by atoms with Crippen molar-refractivity contribution in [2.45, 2.75) is 23.8 Å². The Balaban J connectivity index is 2.21. The van der Waals surface area contributed by atoms with Gasteiger partial charge in [-0.15, -0.1) is 0 Å². The molecule has 1 fully saturated rings. The van der Waals surface area contributed by atoms with Gasteiger partial charge in [-0.05, 0) is 31.0 Å². The van der Waals surface area contributed by atoms with Gasteiger partial charge in [0.2, 0.25) is 10.0 Å². The van der Waals surface area contributed by atoms with E-state index >= 15 is 0 Å². The highest BCUT2D eigenvalue weighted by molar-refractivity contribution is 7.89. The lowest BCUT2D eigenvalue weighted by Gasteiger charge is -2.22. The van der Waals surface area contributed by atoms with Crippen molar-refractivity contribution in [3.63, 3.8) is 0 Å². The number of nitrogens with one attached hydrogen (secondary N) is 1. The number of hydrogen-bond donors (Lipinski definition) is 2. The lowest BCUT2D eigenvalue weighted by Crippen LogP contribution is -2.39. The molecule has 116 valence electrons. The highest BCUT2D eigenvalue weighted by Crippen LogP contribution is 2.18. The number of hydrogen-bond acceptors (Lipinski definition) is 4. The van der Waals surface area contributed by atoms with E-state index in [4.69, 9.17) is 5.11 Å². The Kier molecular flexibility index (Phi) is 4.74. The average molecular weight is 335 g/mol. The molecule has 0 bridgehead atoms. The van der Waals surface area contributed by atoms with Gasteiger partial charge in [0.1, 0.15) is 5.82 Å². The van der Waals surface area contributed by atoms with Gasteiger partial charge in [-0.2, -0.15) is 0 Å². The molecule has 9 heteroatoms. The fourth-order valence-electron chi connectivity index (χ4n) is 2.03. The van der Waals surface area contributed by atoms with Gasteiger partial charge in [0.05, 0.1) is 10.5 Å². The lowest BCUT2D eigenvalue weighted by atomic mass is 10.2. The molecular weight excluding hydrogens is 321 g/mol. The van der Waals surface area contributed by atoms with E-state index in [2.05, 4.69) is 4.72 Å².